The monoisotopic (exact) mass is 351 g/mol. The van der Waals surface area contributed by atoms with Crippen molar-refractivity contribution in [3.63, 3.8) is 0 Å². The van der Waals surface area contributed by atoms with Crippen molar-refractivity contribution in [3.8, 4) is 0 Å². The Balaban J connectivity index is 2.20. The number of nitrogens with one attached hydrogen (secondary N) is 1. The number of carbonyl (C=O) groups excluding carboxylic acids is 1. The molecule has 1 saturated heterocycles. The molecule has 1 aliphatic heterocycles. The van der Waals surface area contributed by atoms with Crippen LogP contribution in [-0.2, 0) is 11.3 Å². The second kappa shape index (κ2) is 5.86. The van der Waals surface area contributed by atoms with Crippen LogP contribution in [0.4, 0.5) is 5.69 Å². The number of ketones is 1. The molecular formula is C16H21N3O4S. The fraction of sp³-hybridized carbons (Fsp3) is 0.562. The summed E-state index contributed by atoms with van der Waals surface area (Å²) in [5.74, 6) is -0.142. The minimum atomic E-state index is -0.624. The Morgan fingerprint density at radius 1 is 1.42 bits per heavy atom. The molecule has 0 aliphatic carbocycles. The number of nitrogens with two attached hydrogens (primary N) is 1. The molecule has 7 nitrogen and oxygen atoms in total. The molecule has 3 rings (SSSR count). The van der Waals surface area contributed by atoms with Crippen molar-refractivity contribution in [2.45, 2.75) is 46.3 Å². The minimum Gasteiger partial charge on any atom is -0.397 e. The van der Waals surface area contributed by atoms with Crippen LogP contribution in [0.5, 0.6) is 0 Å². The van der Waals surface area contributed by atoms with E-state index in [1.807, 2.05) is 0 Å². The Labute approximate surface area is 142 Å². The molecule has 1 aliphatic rings. The molecule has 0 unspecified atom stereocenters. The molecule has 0 bridgehead atoms. The van der Waals surface area contributed by atoms with E-state index < -0.39 is 16.7 Å². The number of Topliss-reactive ketones (excluding diaryl/α,β-unsaturated/α-hetero) is 1. The fourth-order valence-electron chi connectivity index (χ4n) is 2.83. The Bertz CT molecular complexity index is 910. The minimum absolute atomic E-state index is 0.0677. The van der Waals surface area contributed by atoms with Crippen molar-refractivity contribution in [2.24, 2.45) is 5.41 Å². The molecule has 2 aromatic rings. The van der Waals surface area contributed by atoms with Crippen molar-refractivity contribution in [1.29, 1.82) is 0 Å². The number of fused-ring (bicyclic) bond motifs is 1. The summed E-state index contributed by atoms with van der Waals surface area (Å²) in [6.45, 7) is 6.40. The van der Waals surface area contributed by atoms with Gasteiger partial charge in [-0.15, -0.1) is 11.3 Å². The van der Waals surface area contributed by atoms with Gasteiger partial charge in [-0.05, 0) is 12.8 Å². The van der Waals surface area contributed by atoms with Crippen molar-refractivity contribution < 1.29 is 9.53 Å². The SMILES string of the molecule is CC(C)(C)C(=O)c1sc2c(c1N)c(=O)[nH]c(=O)n2C[C@H]1CCCO1. The zero-order valence-corrected chi connectivity index (χ0v) is 14.8. The molecule has 1 fully saturated rings. The average Bonchev–Trinajstić information content (AvgIpc) is 3.09. The first-order valence-corrected chi connectivity index (χ1v) is 8.73. The molecule has 0 spiro atoms. The summed E-state index contributed by atoms with van der Waals surface area (Å²) in [4.78, 5) is 40.1. The van der Waals surface area contributed by atoms with E-state index in [1.165, 1.54) is 4.57 Å². The lowest BCUT2D eigenvalue weighted by molar-refractivity contribution is 0.0863. The summed E-state index contributed by atoms with van der Waals surface area (Å²) < 4.78 is 7.05. The molecular weight excluding hydrogens is 330 g/mol. The number of aromatic amines is 1. The molecule has 0 amide bonds. The van der Waals surface area contributed by atoms with Gasteiger partial charge >= 0.3 is 5.69 Å². The van der Waals surface area contributed by atoms with Crippen LogP contribution in [-0.4, -0.2) is 28.0 Å². The highest BCUT2D eigenvalue weighted by atomic mass is 32.1. The average molecular weight is 351 g/mol. The van der Waals surface area contributed by atoms with Crippen LogP contribution in [0.3, 0.4) is 0 Å². The summed E-state index contributed by atoms with van der Waals surface area (Å²) in [6.07, 6.45) is 1.75. The van der Waals surface area contributed by atoms with Gasteiger partial charge < -0.3 is 10.5 Å². The molecule has 130 valence electrons. The second-order valence-electron chi connectivity index (χ2n) is 7.11. The number of rotatable bonds is 3. The van der Waals surface area contributed by atoms with Crippen LogP contribution < -0.4 is 17.0 Å². The Kier molecular flexibility index (Phi) is 4.13. The normalized spacial score (nSPS) is 18.4. The maximum atomic E-state index is 12.6. The van der Waals surface area contributed by atoms with Gasteiger partial charge in [0.25, 0.3) is 5.56 Å². The third-order valence-corrected chi connectivity index (χ3v) is 5.39. The lowest BCUT2D eigenvalue weighted by Gasteiger charge is -2.15. The molecule has 0 radical (unpaired) electrons. The zero-order chi connectivity index (χ0) is 17.6. The lowest BCUT2D eigenvalue weighted by atomic mass is 9.89. The standard InChI is InChI=1S/C16H21N3O4S/c1-16(2,3)12(20)11-10(17)9-13(21)18-15(22)19(14(9)24-11)7-8-5-4-6-23-8/h8H,4-7,17H2,1-3H3,(H,18,21,22)/t8-/m1/s1. The van der Waals surface area contributed by atoms with Gasteiger partial charge in [-0.25, -0.2) is 4.79 Å². The first kappa shape index (κ1) is 16.9. The number of nitrogens with zero attached hydrogens (tertiary/aromatic N) is 1. The summed E-state index contributed by atoms with van der Waals surface area (Å²) in [5.41, 5.74) is 4.56. The van der Waals surface area contributed by atoms with Crippen molar-refractivity contribution in [3.05, 3.63) is 25.7 Å². The van der Waals surface area contributed by atoms with Gasteiger partial charge in [0.1, 0.15) is 4.83 Å². The summed E-state index contributed by atoms with van der Waals surface area (Å²) in [5, 5.41) is 0.213. The van der Waals surface area contributed by atoms with Gasteiger partial charge in [0.15, 0.2) is 5.78 Å². The Morgan fingerprint density at radius 2 is 2.12 bits per heavy atom. The van der Waals surface area contributed by atoms with Crippen LogP contribution in [0.2, 0.25) is 0 Å². The number of anilines is 1. The number of ether oxygens (including phenoxy) is 1. The molecule has 8 heteroatoms. The molecule has 3 N–H and O–H groups in total. The van der Waals surface area contributed by atoms with Gasteiger partial charge in [0, 0.05) is 12.0 Å². The van der Waals surface area contributed by atoms with E-state index in [1.54, 1.807) is 20.8 Å². The van der Waals surface area contributed by atoms with Crippen LogP contribution in [0, 0.1) is 5.41 Å². The van der Waals surface area contributed by atoms with Crippen LogP contribution in [0.15, 0.2) is 9.59 Å². The molecule has 0 aromatic carbocycles. The number of hydrogen-bond acceptors (Lipinski definition) is 6. The van der Waals surface area contributed by atoms with Gasteiger partial charge in [-0.1, -0.05) is 20.8 Å². The van der Waals surface area contributed by atoms with Crippen LogP contribution >= 0.6 is 11.3 Å². The smallest absolute Gasteiger partial charge is 0.329 e. The van der Waals surface area contributed by atoms with Crippen LogP contribution in [0.25, 0.3) is 10.2 Å². The molecule has 1 atom stereocenters. The van der Waals surface area contributed by atoms with Crippen molar-refractivity contribution in [1.82, 2.24) is 9.55 Å². The highest BCUT2D eigenvalue weighted by Crippen LogP contribution is 2.35. The molecule has 0 saturated carbocycles. The van der Waals surface area contributed by atoms with E-state index in [0.29, 0.717) is 22.9 Å². The molecule has 2 aromatic heterocycles. The van der Waals surface area contributed by atoms with Gasteiger partial charge in [0.05, 0.1) is 28.6 Å². The predicted molar refractivity (Wildman–Crippen MR) is 93.9 cm³/mol. The highest BCUT2D eigenvalue weighted by molar-refractivity contribution is 7.21. The van der Waals surface area contributed by atoms with Gasteiger partial charge in [-0.2, -0.15) is 0 Å². The summed E-state index contributed by atoms with van der Waals surface area (Å²) in [6, 6.07) is 0. The van der Waals surface area contributed by atoms with Gasteiger partial charge in [0.2, 0.25) is 0 Å². The number of thiophene rings is 1. The van der Waals surface area contributed by atoms with E-state index in [4.69, 9.17) is 10.5 Å². The summed E-state index contributed by atoms with van der Waals surface area (Å²) in [7, 11) is 0. The van der Waals surface area contributed by atoms with E-state index >= 15 is 0 Å². The topological polar surface area (TPSA) is 107 Å². The third-order valence-electron chi connectivity index (χ3n) is 4.16. The zero-order valence-electron chi connectivity index (χ0n) is 14.0. The van der Waals surface area contributed by atoms with Crippen LogP contribution in [0.1, 0.15) is 43.3 Å². The van der Waals surface area contributed by atoms with E-state index in [2.05, 4.69) is 4.98 Å². The second-order valence-corrected chi connectivity index (χ2v) is 8.11. The first-order chi connectivity index (χ1) is 11.2. The van der Waals surface area contributed by atoms with Gasteiger partial charge in [-0.3, -0.25) is 19.1 Å². The maximum absolute atomic E-state index is 12.6. The van der Waals surface area contributed by atoms with E-state index in [0.717, 1.165) is 24.2 Å². The fourth-order valence-corrected chi connectivity index (χ4v) is 4.20. The number of nitrogen functional groups attached to an aromatic ring is 1. The predicted octanol–water partition coefficient (Wildman–Crippen LogP) is 1.74. The maximum Gasteiger partial charge on any atom is 0.329 e. The van der Waals surface area contributed by atoms with Crippen molar-refractivity contribution in [2.75, 3.05) is 12.3 Å². The number of carbonyl (C=O) groups is 1. The largest absolute Gasteiger partial charge is 0.397 e. The number of H-pyrrole nitrogens is 1. The molecule has 3 heterocycles. The first-order valence-electron chi connectivity index (χ1n) is 7.91. The Morgan fingerprint density at radius 3 is 2.71 bits per heavy atom. The van der Waals surface area contributed by atoms with E-state index in [9.17, 15) is 14.4 Å². The number of aromatic nitrogens is 2. The third kappa shape index (κ3) is 2.80. The highest BCUT2D eigenvalue weighted by Gasteiger charge is 2.30. The summed E-state index contributed by atoms with van der Waals surface area (Å²) >= 11 is 1.11. The van der Waals surface area contributed by atoms with Crippen molar-refractivity contribution >= 4 is 33.0 Å². The quantitative estimate of drug-likeness (QED) is 0.819. The number of hydrogen-bond donors (Lipinski definition) is 2. The Hall–Kier alpha value is -1.93. The molecule has 24 heavy (non-hydrogen) atoms. The lowest BCUT2D eigenvalue weighted by Crippen LogP contribution is -2.33. The van der Waals surface area contributed by atoms with E-state index in [-0.39, 0.29) is 23.0 Å².